The smallest absolute Gasteiger partial charge is 0.331 e. The molecular formula is C44H51N5O5S. The van der Waals surface area contributed by atoms with Crippen LogP contribution in [0, 0.1) is 0 Å². The standard InChI is InChI=1S/C44H51N5O5S/c1-7-30(2)39-48-49-40(55-39)36(45-42(52)46-38(31(3)54-43(4,5)6)41(51)53-29-32-20-12-8-13-21-32)28-37(50)47-44(33-22-14-9-15-23-33,34-24-16-10-17-25-34)35-26-18-11-19-27-35/h8-27,30-31,36,38H,7,28-29H2,1-6H3,(H,47,50)(H2,45,46,52)/t30-,31?,36-,38-/m0/s1. The molecule has 10 nitrogen and oxygen atoms in total. The van der Waals surface area contributed by atoms with Gasteiger partial charge in [-0.05, 0) is 56.4 Å². The van der Waals surface area contributed by atoms with Gasteiger partial charge in [0.2, 0.25) is 5.91 Å². The molecule has 0 aliphatic heterocycles. The van der Waals surface area contributed by atoms with Crippen molar-refractivity contribution in [2.24, 2.45) is 0 Å². The molecule has 0 radical (unpaired) electrons. The molecule has 5 aromatic rings. The highest BCUT2D eigenvalue weighted by Crippen LogP contribution is 2.37. The van der Waals surface area contributed by atoms with E-state index in [1.807, 2.05) is 142 Å². The van der Waals surface area contributed by atoms with E-state index in [0.717, 1.165) is 33.7 Å². The number of ether oxygens (including phenoxy) is 2. The Bertz CT molecular complexity index is 1870. The third-order valence-electron chi connectivity index (χ3n) is 9.20. The summed E-state index contributed by atoms with van der Waals surface area (Å²) in [6, 6.07) is 36.0. The van der Waals surface area contributed by atoms with Crippen molar-refractivity contribution in [3.63, 3.8) is 0 Å². The minimum Gasteiger partial charge on any atom is -0.459 e. The van der Waals surface area contributed by atoms with Gasteiger partial charge in [-0.3, -0.25) is 4.79 Å². The topological polar surface area (TPSA) is 132 Å². The third-order valence-corrected chi connectivity index (χ3v) is 10.5. The van der Waals surface area contributed by atoms with E-state index in [4.69, 9.17) is 9.47 Å². The molecule has 11 heteroatoms. The molecule has 0 bridgehead atoms. The minimum absolute atomic E-state index is 0.0275. The van der Waals surface area contributed by atoms with Crippen LogP contribution in [0.2, 0.25) is 0 Å². The number of carbonyl (C=O) groups is 3. The molecule has 0 fully saturated rings. The van der Waals surface area contributed by atoms with E-state index in [1.54, 1.807) is 6.92 Å². The van der Waals surface area contributed by atoms with Crippen LogP contribution in [-0.4, -0.2) is 45.9 Å². The lowest BCUT2D eigenvalue weighted by atomic mass is 9.77. The zero-order valence-corrected chi connectivity index (χ0v) is 33.1. The zero-order valence-electron chi connectivity index (χ0n) is 32.3. The van der Waals surface area contributed by atoms with Gasteiger partial charge in [0.05, 0.1) is 24.2 Å². The van der Waals surface area contributed by atoms with Gasteiger partial charge in [0, 0.05) is 5.92 Å². The molecule has 55 heavy (non-hydrogen) atoms. The van der Waals surface area contributed by atoms with E-state index >= 15 is 0 Å². The van der Waals surface area contributed by atoms with E-state index < -0.39 is 41.3 Å². The van der Waals surface area contributed by atoms with Crippen LogP contribution < -0.4 is 16.0 Å². The van der Waals surface area contributed by atoms with Crippen LogP contribution in [0.25, 0.3) is 0 Å². The number of benzene rings is 4. The highest BCUT2D eigenvalue weighted by atomic mass is 32.1. The highest BCUT2D eigenvalue weighted by Gasteiger charge is 2.39. The monoisotopic (exact) mass is 761 g/mol. The van der Waals surface area contributed by atoms with Crippen molar-refractivity contribution in [2.45, 2.75) is 96.2 Å². The number of nitrogens with zero attached hydrogens (tertiary/aromatic N) is 2. The predicted octanol–water partition coefficient (Wildman–Crippen LogP) is 8.21. The van der Waals surface area contributed by atoms with E-state index in [2.05, 4.69) is 40.0 Å². The van der Waals surface area contributed by atoms with Gasteiger partial charge < -0.3 is 25.4 Å². The van der Waals surface area contributed by atoms with E-state index in [9.17, 15) is 14.4 Å². The number of aromatic nitrogens is 2. The normalized spacial score (nSPS) is 13.9. The second-order valence-corrected chi connectivity index (χ2v) is 15.6. The van der Waals surface area contributed by atoms with Gasteiger partial charge in [-0.25, -0.2) is 9.59 Å². The summed E-state index contributed by atoms with van der Waals surface area (Å²) in [4.78, 5) is 42.0. The number of nitrogens with one attached hydrogen (secondary N) is 3. The summed E-state index contributed by atoms with van der Waals surface area (Å²) in [7, 11) is 0. The Hall–Kier alpha value is -5.39. The van der Waals surface area contributed by atoms with Gasteiger partial charge in [0.25, 0.3) is 0 Å². The molecule has 0 saturated heterocycles. The highest BCUT2D eigenvalue weighted by molar-refractivity contribution is 7.11. The first kappa shape index (κ1) is 40.8. The molecule has 288 valence electrons. The van der Waals surface area contributed by atoms with Gasteiger partial charge in [-0.15, -0.1) is 10.2 Å². The maximum Gasteiger partial charge on any atom is 0.331 e. The molecule has 1 aromatic heterocycles. The van der Waals surface area contributed by atoms with E-state index in [1.165, 1.54) is 11.3 Å². The third kappa shape index (κ3) is 10.9. The van der Waals surface area contributed by atoms with Crippen molar-refractivity contribution >= 4 is 29.2 Å². The number of hydrogen-bond donors (Lipinski definition) is 3. The van der Waals surface area contributed by atoms with E-state index in [0.29, 0.717) is 5.01 Å². The molecule has 3 amide bonds. The lowest BCUT2D eigenvalue weighted by Gasteiger charge is -2.37. The average molecular weight is 762 g/mol. The van der Waals surface area contributed by atoms with E-state index in [-0.39, 0.29) is 24.9 Å². The first-order chi connectivity index (χ1) is 26.4. The molecule has 4 atom stereocenters. The zero-order chi connectivity index (χ0) is 39.4. The second-order valence-electron chi connectivity index (χ2n) is 14.6. The number of hydrogen-bond acceptors (Lipinski definition) is 8. The number of carbonyl (C=O) groups excluding carboxylic acids is 3. The van der Waals surface area contributed by atoms with Crippen molar-refractivity contribution in [1.29, 1.82) is 0 Å². The molecule has 3 N–H and O–H groups in total. The van der Waals surface area contributed by atoms with Crippen molar-refractivity contribution in [3.8, 4) is 0 Å². The van der Waals surface area contributed by atoms with Crippen LogP contribution in [0.4, 0.5) is 4.79 Å². The number of amides is 3. The molecule has 5 rings (SSSR count). The molecule has 0 saturated carbocycles. The van der Waals surface area contributed by atoms with Crippen LogP contribution in [-0.2, 0) is 31.2 Å². The van der Waals surface area contributed by atoms with Crippen molar-refractivity contribution in [2.75, 3.05) is 0 Å². The molecule has 1 heterocycles. The summed E-state index contributed by atoms with van der Waals surface area (Å²) >= 11 is 1.35. The van der Waals surface area contributed by atoms with Gasteiger partial charge in [0.15, 0.2) is 6.04 Å². The maximum atomic E-state index is 14.5. The van der Waals surface area contributed by atoms with Gasteiger partial charge in [0.1, 0.15) is 22.2 Å². The summed E-state index contributed by atoms with van der Waals surface area (Å²) in [6.45, 7) is 11.5. The maximum absolute atomic E-state index is 14.5. The number of rotatable bonds is 16. The fraction of sp³-hybridized carbons (Fsp3) is 0.341. The lowest BCUT2D eigenvalue weighted by molar-refractivity contribution is -0.154. The fourth-order valence-electron chi connectivity index (χ4n) is 6.34. The second kappa shape index (κ2) is 18.8. The summed E-state index contributed by atoms with van der Waals surface area (Å²) in [5.74, 6) is -0.862. The summed E-state index contributed by atoms with van der Waals surface area (Å²) in [5.41, 5.74) is 1.72. The van der Waals surface area contributed by atoms with Crippen LogP contribution in [0.3, 0.4) is 0 Å². The SMILES string of the molecule is CC[C@H](C)c1nnc([C@H](CC(=O)NC(c2ccccc2)(c2ccccc2)c2ccccc2)NC(=O)N[C@H](C(=O)OCc2ccccc2)C(C)OC(C)(C)C)s1. The molecule has 0 aliphatic carbocycles. The average Bonchev–Trinajstić information content (AvgIpc) is 3.69. The Labute approximate surface area is 328 Å². The van der Waals surface area contributed by atoms with Crippen LogP contribution >= 0.6 is 11.3 Å². The quantitative estimate of drug-likeness (QED) is 0.0683. The summed E-state index contributed by atoms with van der Waals surface area (Å²) < 4.78 is 11.8. The number of urea groups is 1. The molecule has 0 spiro atoms. The molecular weight excluding hydrogens is 711 g/mol. The van der Waals surface area contributed by atoms with Gasteiger partial charge in [-0.1, -0.05) is 147 Å². The Morgan fingerprint density at radius 3 is 1.69 bits per heavy atom. The Balaban J connectivity index is 1.45. The van der Waals surface area contributed by atoms with Crippen LogP contribution in [0.15, 0.2) is 121 Å². The number of esters is 1. The predicted molar refractivity (Wildman–Crippen MR) is 215 cm³/mol. The Kier molecular flexibility index (Phi) is 13.9. The van der Waals surface area contributed by atoms with Crippen molar-refractivity contribution in [1.82, 2.24) is 26.1 Å². The summed E-state index contributed by atoms with van der Waals surface area (Å²) in [5, 5.41) is 19.3. The van der Waals surface area contributed by atoms with Crippen LogP contribution in [0.1, 0.15) is 98.6 Å². The lowest BCUT2D eigenvalue weighted by Crippen LogP contribution is -2.54. The molecule has 4 aromatic carbocycles. The van der Waals surface area contributed by atoms with Crippen molar-refractivity contribution in [3.05, 3.63) is 154 Å². The minimum atomic E-state index is -1.16. The first-order valence-corrected chi connectivity index (χ1v) is 19.5. The van der Waals surface area contributed by atoms with Gasteiger partial charge >= 0.3 is 12.0 Å². The summed E-state index contributed by atoms with van der Waals surface area (Å²) in [6.07, 6.45) is -0.0778. The Morgan fingerprint density at radius 1 is 0.709 bits per heavy atom. The first-order valence-electron chi connectivity index (χ1n) is 18.7. The van der Waals surface area contributed by atoms with Crippen LogP contribution in [0.5, 0.6) is 0 Å². The van der Waals surface area contributed by atoms with Gasteiger partial charge in [-0.2, -0.15) is 0 Å². The largest absolute Gasteiger partial charge is 0.459 e. The fourth-order valence-corrected chi connectivity index (χ4v) is 7.37. The van der Waals surface area contributed by atoms with Crippen molar-refractivity contribution < 1.29 is 23.9 Å². The molecule has 1 unspecified atom stereocenters. The Morgan fingerprint density at radius 2 is 1.20 bits per heavy atom. The molecule has 0 aliphatic rings.